The Hall–Kier alpha value is -1.45. The number of benzene rings is 1. The van der Waals surface area contributed by atoms with E-state index >= 15 is 0 Å². The Bertz CT molecular complexity index is 737. The summed E-state index contributed by atoms with van der Waals surface area (Å²) in [6.45, 7) is 0. The molecule has 3 rings (SSSR count). The van der Waals surface area contributed by atoms with Crippen molar-refractivity contribution in [1.29, 1.82) is 0 Å². The topological polar surface area (TPSA) is 103 Å². The van der Waals surface area contributed by atoms with Crippen LogP contribution in [-0.4, -0.2) is 29.2 Å². The third-order valence-corrected chi connectivity index (χ3v) is 4.92. The molecule has 0 amide bonds. The first-order valence-corrected chi connectivity index (χ1v) is 8.24. The van der Waals surface area contributed by atoms with E-state index in [0.717, 1.165) is 12.8 Å². The van der Waals surface area contributed by atoms with E-state index in [1.54, 1.807) is 12.1 Å². The van der Waals surface area contributed by atoms with Crippen LogP contribution in [0.5, 0.6) is 0 Å². The summed E-state index contributed by atoms with van der Waals surface area (Å²) < 4.78 is 28.6. The lowest BCUT2D eigenvalue weighted by atomic mass is 10.3. The molecule has 2 aromatic rings. The lowest BCUT2D eigenvalue weighted by molar-refractivity contribution is 0.581. The van der Waals surface area contributed by atoms with Crippen molar-refractivity contribution < 1.29 is 8.42 Å². The van der Waals surface area contributed by atoms with Crippen LogP contribution in [0.15, 0.2) is 33.9 Å². The smallest absolute Gasteiger partial charge is 0.240 e. The second kappa shape index (κ2) is 4.83. The molecule has 0 spiro atoms. The number of rotatable bonds is 4. The molecule has 0 saturated heterocycles. The second-order valence-electron chi connectivity index (χ2n) is 4.54. The molecule has 0 radical (unpaired) electrons. The molecule has 1 aliphatic carbocycles. The van der Waals surface area contributed by atoms with E-state index in [1.165, 1.54) is 16.8 Å². The lowest BCUT2D eigenvalue weighted by Gasteiger charge is -2.07. The molecule has 0 bridgehead atoms. The molecule has 0 atom stereocenters. The minimum absolute atomic E-state index is 0.0870. The van der Waals surface area contributed by atoms with Crippen LogP contribution >= 0.6 is 15.9 Å². The van der Waals surface area contributed by atoms with Gasteiger partial charge in [0.15, 0.2) is 0 Å². The molecule has 1 aromatic heterocycles. The van der Waals surface area contributed by atoms with Crippen LogP contribution in [0.25, 0.3) is 5.69 Å². The van der Waals surface area contributed by atoms with Crippen LogP contribution in [0.3, 0.4) is 0 Å². The van der Waals surface area contributed by atoms with E-state index in [9.17, 15) is 8.42 Å². The average molecular weight is 358 g/mol. The Kier molecular flexibility index (Phi) is 3.27. The summed E-state index contributed by atoms with van der Waals surface area (Å²) in [6.07, 6.45) is 1.81. The fourth-order valence-corrected chi connectivity index (χ4v) is 3.50. The number of nitrogens with two attached hydrogens (primary N) is 1. The van der Waals surface area contributed by atoms with Gasteiger partial charge in [-0.15, -0.1) is 5.10 Å². The summed E-state index contributed by atoms with van der Waals surface area (Å²) in [5.74, 6) is 0.143. The first-order chi connectivity index (χ1) is 9.45. The zero-order valence-electron chi connectivity index (χ0n) is 10.3. The van der Waals surface area contributed by atoms with Gasteiger partial charge >= 0.3 is 0 Å². The molecule has 20 heavy (non-hydrogen) atoms. The van der Waals surface area contributed by atoms with Gasteiger partial charge in [-0.3, -0.25) is 0 Å². The highest BCUT2D eigenvalue weighted by molar-refractivity contribution is 9.10. The summed E-state index contributed by atoms with van der Waals surface area (Å²) in [4.78, 5) is 4.16. The molecular formula is C11H12BrN5O2S. The van der Waals surface area contributed by atoms with Crippen molar-refractivity contribution in [2.24, 2.45) is 0 Å². The summed E-state index contributed by atoms with van der Waals surface area (Å²) in [5.41, 5.74) is 6.17. The van der Waals surface area contributed by atoms with Crippen molar-refractivity contribution in [3.05, 3.63) is 29.0 Å². The molecule has 1 fully saturated rings. The van der Waals surface area contributed by atoms with E-state index < -0.39 is 10.0 Å². The van der Waals surface area contributed by atoms with E-state index in [2.05, 4.69) is 30.7 Å². The van der Waals surface area contributed by atoms with Gasteiger partial charge in [-0.2, -0.15) is 4.98 Å². The van der Waals surface area contributed by atoms with Crippen LogP contribution in [-0.2, 0) is 10.0 Å². The van der Waals surface area contributed by atoms with Crippen LogP contribution < -0.4 is 10.5 Å². The van der Waals surface area contributed by atoms with E-state index in [-0.39, 0.29) is 16.9 Å². The Morgan fingerprint density at radius 1 is 1.30 bits per heavy atom. The zero-order chi connectivity index (χ0) is 14.3. The van der Waals surface area contributed by atoms with Crippen molar-refractivity contribution in [2.75, 3.05) is 5.73 Å². The Morgan fingerprint density at radius 2 is 1.95 bits per heavy atom. The number of aromatic nitrogens is 3. The number of hydrogen-bond acceptors (Lipinski definition) is 5. The fourth-order valence-electron chi connectivity index (χ4n) is 1.73. The normalized spacial score (nSPS) is 15.4. The van der Waals surface area contributed by atoms with E-state index in [1.807, 2.05) is 0 Å². The van der Waals surface area contributed by atoms with Gasteiger partial charge in [-0.05, 0) is 53.0 Å². The molecule has 1 aliphatic rings. The highest BCUT2D eigenvalue weighted by Gasteiger charge is 2.27. The predicted octanol–water partition coefficient (Wildman–Crippen LogP) is 1.05. The first-order valence-electron chi connectivity index (χ1n) is 5.96. The van der Waals surface area contributed by atoms with Crippen LogP contribution in [0, 0.1) is 0 Å². The van der Waals surface area contributed by atoms with Crippen molar-refractivity contribution in [2.45, 2.75) is 23.8 Å². The molecule has 1 heterocycles. The molecule has 0 unspecified atom stereocenters. The molecule has 3 N–H and O–H groups in total. The Labute approximate surface area is 124 Å². The molecule has 1 saturated carbocycles. The molecule has 1 aromatic carbocycles. The first kappa shape index (κ1) is 13.5. The van der Waals surface area contributed by atoms with Gasteiger partial charge in [0.25, 0.3) is 0 Å². The number of hydrogen-bond donors (Lipinski definition) is 2. The SMILES string of the molecule is Nc1nc(Br)n(-c2ccc(S(=O)(=O)NC3CC3)cc2)n1. The molecular weight excluding hydrogens is 346 g/mol. The summed E-state index contributed by atoms with van der Waals surface area (Å²) >= 11 is 3.23. The lowest BCUT2D eigenvalue weighted by Crippen LogP contribution is -2.25. The largest absolute Gasteiger partial charge is 0.366 e. The van der Waals surface area contributed by atoms with Crippen molar-refractivity contribution in [3.63, 3.8) is 0 Å². The summed E-state index contributed by atoms with van der Waals surface area (Å²) in [5, 5.41) is 4.00. The number of halogens is 1. The third kappa shape index (κ3) is 2.69. The van der Waals surface area contributed by atoms with Gasteiger partial charge in [-0.25, -0.2) is 17.8 Å². The number of sulfonamides is 1. The zero-order valence-corrected chi connectivity index (χ0v) is 12.7. The maximum absolute atomic E-state index is 12.0. The number of nitrogens with one attached hydrogen (secondary N) is 1. The third-order valence-electron chi connectivity index (χ3n) is 2.87. The van der Waals surface area contributed by atoms with Gasteiger partial charge in [0.2, 0.25) is 20.7 Å². The summed E-state index contributed by atoms with van der Waals surface area (Å²) in [7, 11) is -3.43. The van der Waals surface area contributed by atoms with Crippen molar-refractivity contribution >= 4 is 31.9 Å². The van der Waals surface area contributed by atoms with Gasteiger partial charge in [-0.1, -0.05) is 0 Å². The van der Waals surface area contributed by atoms with E-state index in [4.69, 9.17) is 5.73 Å². The van der Waals surface area contributed by atoms with Gasteiger partial charge in [0, 0.05) is 6.04 Å². The fraction of sp³-hybridized carbons (Fsp3) is 0.273. The molecule has 7 nitrogen and oxygen atoms in total. The molecule has 0 aliphatic heterocycles. The minimum atomic E-state index is -3.43. The highest BCUT2D eigenvalue weighted by Crippen LogP contribution is 2.23. The van der Waals surface area contributed by atoms with Crippen molar-refractivity contribution in [1.82, 2.24) is 19.5 Å². The molecule has 106 valence electrons. The number of nitrogen functional groups attached to an aromatic ring is 1. The van der Waals surface area contributed by atoms with Gasteiger partial charge < -0.3 is 5.73 Å². The highest BCUT2D eigenvalue weighted by atomic mass is 79.9. The number of anilines is 1. The second-order valence-corrected chi connectivity index (χ2v) is 6.96. The maximum Gasteiger partial charge on any atom is 0.240 e. The van der Waals surface area contributed by atoms with Crippen LogP contribution in [0.2, 0.25) is 0 Å². The Balaban J connectivity index is 1.89. The summed E-state index contributed by atoms with van der Waals surface area (Å²) in [6, 6.07) is 6.46. The van der Waals surface area contributed by atoms with Crippen LogP contribution in [0.4, 0.5) is 5.95 Å². The monoisotopic (exact) mass is 357 g/mol. The van der Waals surface area contributed by atoms with Crippen molar-refractivity contribution in [3.8, 4) is 5.69 Å². The average Bonchev–Trinajstić information content (AvgIpc) is 3.12. The maximum atomic E-state index is 12.0. The standard InChI is InChI=1S/C11H12BrN5O2S/c12-10-14-11(13)15-17(10)8-3-5-9(6-4-8)20(18,19)16-7-1-2-7/h3-7,16H,1-2H2,(H2,13,15). The Morgan fingerprint density at radius 3 is 2.45 bits per heavy atom. The number of nitrogens with zero attached hydrogens (tertiary/aromatic N) is 3. The van der Waals surface area contributed by atoms with E-state index in [0.29, 0.717) is 10.4 Å². The van der Waals surface area contributed by atoms with Gasteiger partial charge in [0.05, 0.1) is 10.6 Å². The minimum Gasteiger partial charge on any atom is -0.366 e. The quantitative estimate of drug-likeness (QED) is 0.851. The van der Waals surface area contributed by atoms with Gasteiger partial charge in [0.1, 0.15) is 0 Å². The molecule has 9 heteroatoms. The van der Waals surface area contributed by atoms with Crippen LogP contribution in [0.1, 0.15) is 12.8 Å². The predicted molar refractivity (Wildman–Crippen MR) is 76.8 cm³/mol.